The Hall–Kier alpha value is -3.68. The minimum Gasteiger partial charge on any atom is -0.345 e. The fourth-order valence-corrected chi connectivity index (χ4v) is 2.52. The lowest BCUT2D eigenvalue weighted by atomic mass is 10.3. The molecule has 0 atom stereocenters. The maximum absolute atomic E-state index is 4.61. The number of hydrogen-bond donors (Lipinski definition) is 2. The maximum Gasteiger partial charge on any atom is 0.156 e. The molecule has 5 aromatic rings. The molecular formula is C16H10N8. The number of rotatable bonds is 2. The zero-order chi connectivity index (χ0) is 15.9. The highest BCUT2D eigenvalue weighted by atomic mass is 14.9. The van der Waals surface area contributed by atoms with E-state index in [9.17, 15) is 0 Å². The summed E-state index contributed by atoms with van der Waals surface area (Å²) in [4.78, 5) is 32.7. The molecule has 0 aliphatic rings. The average Bonchev–Trinajstić information content (AvgIpc) is 3.29. The number of fused-ring (bicyclic) bond motifs is 2. The minimum absolute atomic E-state index is 0.638. The molecule has 5 aromatic heterocycles. The molecule has 0 saturated carbocycles. The largest absolute Gasteiger partial charge is 0.345 e. The highest BCUT2D eigenvalue weighted by molar-refractivity contribution is 5.75. The molecule has 5 heterocycles. The van der Waals surface area contributed by atoms with Crippen LogP contribution in [0.4, 0.5) is 0 Å². The quantitative estimate of drug-likeness (QED) is 0.517. The SMILES string of the molecule is c1cc2nc(-c3cncc(-c4cnc5[nH]ccc5n4)n3)cnc2[nH]1. The van der Waals surface area contributed by atoms with Crippen molar-refractivity contribution >= 4 is 22.3 Å². The van der Waals surface area contributed by atoms with Gasteiger partial charge in [0, 0.05) is 12.4 Å². The van der Waals surface area contributed by atoms with Crippen LogP contribution < -0.4 is 0 Å². The van der Waals surface area contributed by atoms with Gasteiger partial charge in [-0.1, -0.05) is 0 Å². The van der Waals surface area contributed by atoms with Crippen molar-refractivity contribution in [2.75, 3.05) is 0 Å². The number of aromatic nitrogens is 8. The van der Waals surface area contributed by atoms with E-state index in [-0.39, 0.29) is 0 Å². The number of H-pyrrole nitrogens is 2. The first kappa shape index (κ1) is 12.8. The Morgan fingerprint density at radius 1 is 0.583 bits per heavy atom. The van der Waals surface area contributed by atoms with Crippen molar-refractivity contribution in [1.82, 2.24) is 39.9 Å². The van der Waals surface area contributed by atoms with Crippen LogP contribution in [0.5, 0.6) is 0 Å². The van der Waals surface area contributed by atoms with Crippen molar-refractivity contribution < 1.29 is 0 Å². The van der Waals surface area contributed by atoms with Gasteiger partial charge in [-0.2, -0.15) is 0 Å². The van der Waals surface area contributed by atoms with Crippen LogP contribution in [0, 0.1) is 0 Å². The molecule has 8 nitrogen and oxygen atoms in total. The van der Waals surface area contributed by atoms with Crippen molar-refractivity contribution in [3.05, 3.63) is 49.3 Å². The molecule has 0 unspecified atom stereocenters. The van der Waals surface area contributed by atoms with Crippen LogP contribution in [-0.2, 0) is 0 Å². The van der Waals surface area contributed by atoms with Crippen LogP contribution in [0.2, 0.25) is 0 Å². The third kappa shape index (κ3) is 2.01. The first-order chi connectivity index (χ1) is 11.9. The second kappa shape index (κ2) is 4.92. The molecule has 0 bridgehead atoms. The van der Waals surface area contributed by atoms with Crippen molar-refractivity contribution in [2.24, 2.45) is 0 Å². The van der Waals surface area contributed by atoms with Crippen LogP contribution in [0.1, 0.15) is 0 Å². The average molecular weight is 314 g/mol. The minimum atomic E-state index is 0.638. The third-order valence-electron chi connectivity index (χ3n) is 3.68. The highest BCUT2D eigenvalue weighted by Crippen LogP contribution is 2.20. The summed E-state index contributed by atoms with van der Waals surface area (Å²) in [6, 6.07) is 3.74. The van der Waals surface area contributed by atoms with E-state index >= 15 is 0 Å². The lowest BCUT2D eigenvalue weighted by Crippen LogP contribution is -1.95. The molecule has 114 valence electrons. The maximum atomic E-state index is 4.61. The Morgan fingerprint density at radius 3 is 1.62 bits per heavy atom. The number of aromatic amines is 2. The lowest BCUT2D eigenvalue weighted by Gasteiger charge is -2.03. The van der Waals surface area contributed by atoms with E-state index in [4.69, 9.17) is 0 Å². The molecule has 0 aliphatic carbocycles. The molecule has 8 heteroatoms. The van der Waals surface area contributed by atoms with Crippen LogP contribution >= 0.6 is 0 Å². The Morgan fingerprint density at radius 2 is 1.08 bits per heavy atom. The molecule has 0 saturated heterocycles. The van der Waals surface area contributed by atoms with E-state index in [1.807, 2.05) is 12.1 Å². The molecule has 0 fully saturated rings. The molecule has 2 N–H and O–H groups in total. The summed E-state index contributed by atoms with van der Waals surface area (Å²) >= 11 is 0. The van der Waals surface area contributed by atoms with Gasteiger partial charge in [0.05, 0.1) is 24.8 Å². The third-order valence-corrected chi connectivity index (χ3v) is 3.68. The lowest BCUT2D eigenvalue weighted by molar-refractivity contribution is 1.15. The fraction of sp³-hybridized carbons (Fsp3) is 0. The second-order valence-corrected chi connectivity index (χ2v) is 5.22. The molecular weight excluding hydrogens is 304 g/mol. The Bertz CT molecular complexity index is 1080. The van der Waals surface area contributed by atoms with E-state index in [1.54, 1.807) is 37.2 Å². The molecule has 0 aliphatic heterocycles. The van der Waals surface area contributed by atoms with E-state index in [2.05, 4.69) is 39.9 Å². The summed E-state index contributed by atoms with van der Waals surface area (Å²) in [5, 5.41) is 0. The highest BCUT2D eigenvalue weighted by Gasteiger charge is 2.09. The van der Waals surface area contributed by atoms with E-state index in [0.717, 1.165) is 22.3 Å². The first-order valence-corrected chi connectivity index (χ1v) is 7.30. The van der Waals surface area contributed by atoms with Crippen molar-refractivity contribution in [2.45, 2.75) is 0 Å². The van der Waals surface area contributed by atoms with E-state index in [0.29, 0.717) is 22.8 Å². The molecule has 0 radical (unpaired) electrons. The molecule has 5 rings (SSSR count). The Labute approximate surface area is 135 Å². The summed E-state index contributed by atoms with van der Waals surface area (Å²) in [6.07, 6.45) is 10.3. The zero-order valence-electron chi connectivity index (χ0n) is 12.3. The molecule has 0 spiro atoms. The Kier molecular flexibility index (Phi) is 2.63. The summed E-state index contributed by atoms with van der Waals surface area (Å²) in [5.74, 6) is 0. The molecule has 0 amide bonds. The van der Waals surface area contributed by atoms with Crippen molar-refractivity contribution in [1.29, 1.82) is 0 Å². The van der Waals surface area contributed by atoms with Gasteiger partial charge in [0.25, 0.3) is 0 Å². The summed E-state index contributed by atoms with van der Waals surface area (Å²) in [5.41, 5.74) is 5.65. The predicted molar refractivity (Wildman–Crippen MR) is 87.8 cm³/mol. The van der Waals surface area contributed by atoms with Gasteiger partial charge in [-0.15, -0.1) is 0 Å². The van der Waals surface area contributed by atoms with E-state index < -0.39 is 0 Å². The number of nitrogens with one attached hydrogen (secondary N) is 2. The first-order valence-electron chi connectivity index (χ1n) is 7.30. The molecule has 24 heavy (non-hydrogen) atoms. The number of hydrogen-bond acceptors (Lipinski definition) is 6. The van der Waals surface area contributed by atoms with Crippen LogP contribution in [0.15, 0.2) is 49.3 Å². The van der Waals surface area contributed by atoms with Gasteiger partial charge >= 0.3 is 0 Å². The van der Waals surface area contributed by atoms with E-state index in [1.165, 1.54) is 0 Å². The smallest absolute Gasteiger partial charge is 0.156 e. The van der Waals surface area contributed by atoms with Crippen LogP contribution in [-0.4, -0.2) is 39.9 Å². The molecule has 0 aromatic carbocycles. The van der Waals surface area contributed by atoms with Gasteiger partial charge in [-0.3, -0.25) is 4.98 Å². The van der Waals surface area contributed by atoms with Gasteiger partial charge in [-0.25, -0.2) is 24.9 Å². The topological polar surface area (TPSA) is 109 Å². The zero-order valence-corrected chi connectivity index (χ0v) is 12.3. The van der Waals surface area contributed by atoms with Crippen molar-refractivity contribution in [3.63, 3.8) is 0 Å². The van der Waals surface area contributed by atoms with Gasteiger partial charge in [0.2, 0.25) is 0 Å². The van der Waals surface area contributed by atoms with Gasteiger partial charge in [0.15, 0.2) is 11.3 Å². The normalized spacial score (nSPS) is 11.3. The Balaban J connectivity index is 1.62. The van der Waals surface area contributed by atoms with Crippen molar-refractivity contribution in [3.8, 4) is 22.8 Å². The van der Waals surface area contributed by atoms with Crippen LogP contribution in [0.25, 0.3) is 45.1 Å². The summed E-state index contributed by atoms with van der Waals surface area (Å²) in [6.45, 7) is 0. The standard InChI is InChI=1S/C16H10N8/c1-3-18-15-9(1)22-13(7-20-15)11-5-17-6-12(24-11)14-8-21-16-10(23-14)2-4-19-16/h1-8H,(H,18,20)(H,19,21). The number of nitrogens with zero attached hydrogens (tertiary/aromatic N) is 6. The summed E-state index contributed by atoms with van der Waals surface area (Å²) in [7, 11) is 0. The summed E-state index contributed by atoms with van der Waals surface area (Å²) < 4.78 is 0. The monoisotopic (exact) mass is 314 g/mol. The predicted octanol–water partition coefficient (Wildman–Crippen LogP) is 2.35. The van der Waals surface area contributed by atoms with Gasteiger partial charge in [0.1, 0.15) is 33.8 Å². The van der Waals surface area contributed by atoms with Gasteiger partial charge < -0.3 is 9.97 Å². The fourth-order valence-electron chi connectivity index (χ4n) is 2.52. The van der Waals surface area contributed by atoms with Gasteiger partial charge in [-0.05, 0) is 12.1 Å². The second-order valence-electron chi connectivity index (χ2n) is 5.22. The van der Waals surface area contributed by atoms with Crippen LogP contribution in [0.3, 0.4) is 0 Å².